The molecular weight excluding hydrogens is 202 g/mol. The number of aliphatic hydroxyl groups excluding tert-OH is 1. The second kappa shape index (κ2) is 5.27. The van der Waals surface area contributed by atoms with Crippen LogP contribution in [-0.4, -0.2) is 44.5 Å². The van der Waals surface area contributed by atoms with Gasteiger partial charge in [0.05, 0.1) is 0 Å². The second-order valence-corrected chi connectivity index (χ2v) is 4.04. The van der Waals surface area contributed by atoms with Gasteiger partial charge in [0.25, 0.3) is 0 Å². The summed E-state index contributed by atoms with van der Waals surface area (Å²) in [5.41, 5.74) is 0.228. The van der Waals surface area contributed by atoms with Crippen LogP contribution in [-0.2, 0) is 4.57 Å². The van der Waals surface area contributed by atoms with Crippen LogP contribution < -0.4 is 0 Å². The molecule has 0 aromatic heterocycles. The molecule has 0 spiro atoms. The molecule has 0 fully saturated rings. The molecule has 1 radical (unpaired) electrons. The monoisotopic (exact) mass is 211 g/mol. The molecule has 0 saturated heterocycles. The van der Waals surface area contributed by atoms with Crippen molar-refractivity contribution in [2.45, 2.75) is 5.85 Å². The first-order valence-electron chi connectivity index (χ1n) is 3.30. The number of aliphatic hydroxyl groups is 1. The van der Waals surface area contributed by atoms with Crippen LogP contribution in [0.1, 0.15) is 11.4 Å². The molecule has 0 heterocycles. The van der Waals surface area contributed by atoms with Gasteiger partial charge in [0, 0.05) is 29.6 Å². The van der Waals surface area contributed by atoms with Gasteiger partial charge in [-0.1, -0.05) is 30.3 Å². The Morgan fingerprint density at radius 2 is 1.62 bits per heavy atom. The topological polar surface area (TPSA) is 77.8 Å². The molecule has 0 aliphatic rings. The van der Waals surface area contributed by atoms with Crippen molar-refractivity contribution in [3.8, 4) is 0 Å². The average molecular weight is 211 g/mol. The van der Waals surface area contributed by atoms with Gasteiger partial charge in [-0.3, -0.25) is 4.57 Å². The number of hydrogen-bond donors (Lipinski definition) is 3. The van der Waals surface area contributed by atoms with Gasteiger partial charge in [-0.15, -0.1) is 0 Å². The van der Waals surface area contributed by atoms with E-state index < -0.39 is 13.4 Å². The Bertz CT molecular complexity index is 297. The van der Waals surface area contributed by atoms with E-state index in [2.05, 4.69) is 0 Å². The van der Waals surface area contributed by atoms with Crippen LogP contribution in [0.25, 0.3) is 0 Å². The van der Waals surface area contributed by atoms with Gasteiger partial charge in [-0.05, 0) is 5.56 Å². The molecule has 0 saturated carbocycles. The molecule has 0 aliphatic heterocycles. The first-order chi connectivity index (χ1) is 5.52. The first-order valence-corrected chi connectivity index (χ1v) is 4.98. The summed E-state index contributed by atoms with van der Waals surface area (Å²) in [5, 5.41) is 9.09. The summed E-state index contributed by atoms with van der Waals surface area (Å²) < 4.78 is 10.6. The predicted molar refractivity (Wildman–Crippen MR) is 49.2 cm³/mol. The molecule has 13 heavy (non-hydrogen) atoms. The fourth-order valence-corrected chi connectivity index (χ4v) is 1.38. The molecule has 6 heteroatoms. The van der Waals surface area contributed by atoms with Crippen molar-refractivity contribution in [2.24, 2.45) is 0 Å². The van der Waals surface area contributed by atoms with Crippen molar-refractivity contribution >= 4 is 37.2 Å². The summed E-state index contributed by atoms with van der Waals surface area (Å²) in [7, 11) is -4.42. The Morgan fingerprint density at radius 1 is 1.15 bits per heavy atom. The molecule has 0 bridgehead atoms. The van der Waals surface area contributed by atoms with Crippen molar-refractivity contribution in [2.75, 3.05) is 0 Å². The van der Waals surface area contributed by atoms with Crippen LogP contribution in [0.3, 0.4) is 0 Å². The Morgan fingerprint density at radius 3 is 2.00 bits per heavy atom. The zero-order chi connectivity index (χ0) is 9.19. The van der Waals surface area contributed by atoms with E-state index in [0.717, 1.165) is 0 Å². The minimum Gasteiger partial charge on any atom is -0.376 e. The molecule has 1 unspecified atom stereocenters. The van der Waals surface area contributed by atoms with Crippen LogP contribution >= 0.6 is 7.60 Å². The zero-order valence-electron chi connectivity index (χ0n) is 7.16. The largest absolute Gasteiger partial charge is 0.376 e. The Kier molecular flexibility index (Phi) is 5.40. The quantitative estimate of drug-likeness (QED) is 0.491. The molecule has 0 amide bonds. The van der Waals surface area contributed by atoms with Gasteiger partial charge in [0.15, 0.2) is 5.85 Å². The fourth-order valence-electron chi connectivity index (χ4n) is 0.819. The molecule has 3 N–H and O–H groups in total. The summed E-state index contributed by atoms with van der Waals surface area (Å²) in [6.45, 7) is 0. The van der Waals surface area contributed by atoms with Crippen LogP contribution in [0.5, 0.6) is 0 Å². The van der Waals surface area contributed by atoms with Gasteiger partial charge in [-0.2, -0.15) is 0 Å². The average Bonchev–Trinajstić information content (AvgIpc) is 2.03. The molecule has 4 nitrogen and oxygen atoms in total. The van der Waals surface area contributed by atoms with Crippen LogP contribution in [0.2, 0.25) is 0 Å². The van der Waals surface area contributed by atoms with Crippen molar-refractivity contribution in [3.05, 3.63) is 35.9 Å². The SMILES string of the molecule is O=P(O)(O)C(O)c1ccccc1.[Na]. The summed E-state index contributed by atoms with van der Waals surface area (Å²) in [6.07, 6.45) is 0. The third kappa shape index (κ3) is 3.92. The third-order valence-corrected chi connectivity index (χ3v) is 2.35. The van der Waals surface area contributed by atoms with E-state index in [1.807, 2.05) is 0 Å². The minimum atomic E-state index is -4.42. The van der Waals surface area contributed by atoms with Crippen LogP contribution in [0, 0.1) is 0 Å². The van der Waals surface area contributed by atoms with E-state index >= 15 is 0 Å². The predicted octanol–water partition coefficient (Wildman–Crippen LogP) is 0.474. The van der Waals surface area contributed by atoms with E-state index in [9.17, 15) is 4.57 Å². The van der Waals surface area contributed by atoms with Gasteiger partial charge in [-0.25, -0.2) is 0 Å². The molecule has 0 aliphatic carbocycles. The molecule has 1 aromatic rings. The van der Waals surface area contributed by atoms with E-state index in [1.165, 1.54) is 12.1 Å². The Hall–Kier alpha value is 0.330. The van der Waals surface area contributed by atoms with E-state index in [0.29, 0.717) is 0 Å². The van der Waals surface area contributed by atoms with Crippen molar-refractivity contribution in [3.63, 3.8) is 0 Å². The summed E-state index contributed by atoms with van der Waals surface area (Å²) in [5.74, 6) is -1.71. The molecule has 67 valence electrons. The van der Waals surface area contributed by atoms with Crippen molar-refractivity contribution in [1.82, 2.24) is 0 Å². The number of hydrogen-bond acceptors (Lipinski definition) is 2. The van der Waals surface area contributed by atoms with Crippen LogP contribution in [0.15, 0.2) is 30.3 Å². The maximum Gasteiger partial charge on any atom is 0.358 e. The maximum absolute atomic E-state index is 10.6. The van der Waals surface area contributed by atoms with E-state index in [1.54, 1.807) is 18.2 Å². The summed E-state index contributed by atoms with van der Waals surface area (Å²) in [6, 6.07) is 7.84. The summed E-state index contributed by atoms with van der Waals surface area (Å²) in [4.78, 5) is 17.2. The van der Waals surface area contributed by atoms with Gasteiger partial charge in [0.2, 0.25) is 0 Å². The first kappa shape index (κ1) is 13.3. The zero-order valence-corrected chi connectivity index (χ0v) is 10.1. The summed E-state index contributed by atoms with van der Waals surface area (Å²) >= 11 is 0. The molecule has 1 atom stereocenters. The van der Waals surface area contributed by atoms with Gasteiger partial charge < -0.3 is 14.9 Å². The molecular formula is C7H9NaO4P. The standard InChI is InChI=1S/C7H9O4P.Na/c8-7(12(9,10)11)6-4-2-1-3-5-6;/h1-5,7-8H,(H2,9,10,11);. The van der Waals surface area contributed by atoms with Crippen LogP contribution in [0.4, 0.5) is 0 Å². The second-order valence-electron chi connectivity index (χ2n) is 2.37. The maximum atomic E-state index is 10.6. The normalized spacial score (nSPS) is 13.2. The minimum absolute atomic E-state index is 0. The number of benzene rings is 1. The smallest absolute Gasteiger partial charge is 0.358 e. The molecule has 1 aromatic carbocycles. The fraction of sp³-hybridized carbons (Fsp3) is 0.143. The van der Waals surface area contributed by atoms with Gasteiger partial charge >= 0.3 is 7.60 Å². The van der Waals surface area contributed by atoms with E-state index in [-0.39, 0.29) is 35.1 Å². The number of rotatable bonds is 2. The van der Waals surface area contributed by atoms with Crippen molar-refractivity contribution in [1.29, 1.82) is 0 Å². The van der Waals surface area contributed by atoms with Crippen molar-refractivity contribution < 1.29 is 19.5 Å². The van der Waals surface area contributed by atoms with E-state index in [4.69, 9.17) is 14.9 Å². The van der Waals surface area contributed by atoms with Gasteiger partial charge in [0.1, 0.15) is 0 Å². The molecule has 1 rings (SSSR count). The Balaban J connectivity index is 0.00000144. The Labute approximate surface area is 98.1 Å². The third-order valence-electron chi connectivity index (χ3n) is 1.42.